The SMILES string of the molecule is COc1ccc(-c2noc(CN3CCCN(c4ccc(F)cc4)CC3)n2)cc1. The summed E-state index contributed by atoms with van der Waals surface area (Å²) in [6.07, 6.45) is 1.02. The zero-order valence-corrected chi connectivity index (χ0v) is 15.8. The lowest BCUT2D eigenvalue weighted by molar-refractivity contribution is 0.239. The molecular formula is C21H23FN4O2. The summed E-state index contributed by atoms with van der Waals surface area (Å²) in [5.41, 5.74) is 1.96. The zero-order chi connectivity index (χ0) is 19.3. The van der Waals surface area contributed by atoms with Crippen LogP contribution in [0.4, 0.5) is 10.1 Å². The minimum atomic E-state index is -0.204. The Morgan fingerprint density at radius 1 is 1.00 bits per heavy atom. The molecule has 0 saturated carbocycles. The van der Waals surface area contributed by atoms with Gasteiger partial charge in [-0.2, -0.15) is 4.98 Å². The highest BCUT2D eigenvalue weighted by molar-refractivity contribution is 5.55. The van der Waals surface area contributed by atoms with Crippen LogP contribution in [-0.4, -0.2) is 48.3 Å². The van der Waals surface area contributed by atoms with Gasteiger partial charge in [0.1, 0.15) is 11.6 Å². The topological polar surface area (TPSA) is 54.6 Å². The van der Waals surface area contributed by atoms with Gasteiger partial charge in [-0.1, -0.05) is 5.16 Å². The fourth-order valence-corrected chi connectivity index (χ4v) is 3.41. The average molecular weight is 382 g/mol. The van der Waals surface area contributed by atoms with E-state index in [9.17, 15) is 4.39 Å². The summed E-state index contributed by atoms with van der Waals surface area (Å²) >= 11 is 0. The Balaban J connectivity index is 1.37. The lowest BCUT2D eigenvalue weighted by Gasteiger charge is -2.23. The van der Waals surface area contributed by atoms with Crippen LogP contribution in [0, 0.1) is 5.82 Å². The Labute approximate surface area is 163 Å². The monoisotopic (exact) mass is 382 g/mol. The van der Waals surface area contributed by atoms with Crippen molar-refractivity contribution in [2.45, 2.75) is 13.0 Å². The molecule has 0 amide bonds. The summed E-state index contributed by atoms with van der Waals surface area (Å²) < 4.78 is 23.8. The van der Waals surface area contributed by atoms with Crippen LogP contribution in [0.2, 0.25) is 0 Å². The maximum absolute atomic E-state index is 13.1. The van der Waals surface area contributed by atoms with Gasteiger partial charge in [0, 0.05) is 37.4 Å². The third kappa shape index (κ3) is 4.31. The van der Waals surface area contributed by atoms with E-state index in [0.29, 0.717) is 18.3 Å². The predicted molar refractivity (Wildman–Crippen MR) is 105 cm³/mol. The van der Waals surface area contributed by atoms with Crippen molar-refractivity contribution in [3.63, 3.8) is 0 Å². The smallest absolute Gasteiger partial charge is 0.241 e. The summed E-state index contributed by atoms with van der Waals surface area (Å²) in [5.74, 6) is 1.79. The molecule has 0 unspecified atom stereocenters. The van der Waals surface area contributed by atoms with E-state index < -0.39 is 0 Å². The first-order valence-corrected chi connectivity index (χ1v) is 9.41. The van der Waals surface area contributed by atoms with Crippen LogP contribution in [-0.2, 0) is 6.54 Å². The molecule has 0 radical (unpaired) electrons. The number of ether oxygens (including phenoxy) is 1. The van der Waals surface area contributed by atoms with Crippen LogP contribution in [0.5, 0.6) is 5.75 Å². The second-order valence-electron chi connectivity index (χ2n) is 6.83. The summed E-state index contributed by atoms with van der Waals surface area (Å²) in [4.78, 5) is 9.13. The molecule has 4 rings (SSSR count). The lowest BCUT2D eigenvalue weighted by Crippen LogP contribution is -2.30. The van der Waals surface area contributed by atoms with Gasteiger partial charge in [0.15, 0.2) is 0 Å². The summed E-state index contributed by atoms with van der Waals surface area (Å²) in [6.45, 7) is 4.30. The number of nitrogens with zero attached hydrogens (tertiary/aromatic N) is 4. The number of aromatic nitrogens is 2. The minimum absolute atomic E-state index is 0.204. The van der Waals surface area contributed by atoms with E-state index in [4.69, 9.17) is 9.26 Å². The van der Waals surface area contributed by atoms with Crippen molar-refractivity contribution in [2.75, 3.05) is 38.2 Å². The van der Waals surface area contributed by atoms with Crippen molar-refractivity contribution < 1.29 is 13.7 Å². The highest BCUT2D eigenvalue weighted by atomic mass is 19.1. The number of hydrogen-bond acceptors (Lipinski definition) is 6. The maximum atomic E-state index is 13.1. The molecule has 7 heteroatoms. The average Bonchev–Trinajstić information content (AvgIpc) is 3.07. The number of benzene rings is 2. The number of hydrogen-bond donors (Lipinski definition) is 0. The molecule has 1 aromatic heterocycles. The van der Waals surface area contributed by atoms with Crippen LogP contribution >= 0.6 is 0 Å². The van der Waals surface area contributed by atoms with Crippen LogP contribution in [0.25, 0.3) is 11.4 Å². The molecule has 2 aromatic carbocycles. The normalized spacial score (nSPS) is 15.4. The van der Waals surface area contributed by atoms with E-state index in [1.165, 1.54) is 12.1 Å². The van der Waals surface area contributed by atoms with E-state index in [0.717, 1.165) is 49.6 Å². The number of methoxy groups -OCH3 is 1. The molecule has 1 aliphatic rings. The van der Waals surface area contributed by atoms with Gasteiger partial charge in [-0.25, -0.2) is 4.39 Å². The molecule has 1 fully saturated rings. The standard InChI is InChI=1S/C21H23FN4O2/c1-27-19-9-3-16(4-10-19)21-23-20(28-24-21)15-25-11-2-12-26(14-13-25)18-7-5-17(22)6-8-18/h3-10H,2,11-15H2,1H3. The molecule has 0 spiro atoms. The minimum Gasteiger partial charge on any atom is -0.497 e. The third-order valence-electron chi connectivity index (χ3n) is 4.96. The Kier molecular flexibility index (Phi) is 5.53. The number of rotatable bonds is 5. The molecule has 28 heavy (non-hydrogen) atoms. The van der Waals surface area contributed by atoms with Gasteiger partial charge in [-0.15, -0.1) is 0 Å². The Morgan fingerprint density at radius 2 is 1.79 bits per heavy atom. The predicted octanol–water partition coefficient (Wildman–Crippen LogP) is 3.60. The second-order valence-corrected chi connectivity index (χ2v) is 6.83. The Morgan fingerprint density at radius 3 is 2.54 bits per heavy atom. The second kappa shape index (κ2) is 8.39. The fourth-order valence-electron chi connectivity index (χ4n) is 3.41. The van der Waals surface area contributed by atoms with Crippen molar-refractivity contribution in [1.29, 1.82) is 0 Å². The van der Waals surface area contributed by atoms with E-state index >= 15 is 0 Å². The number of halogens is 1. The molecule has 1 aliphatic heterocycles. The Hall–Kier alpha value is -2.93. The number of anilines is 1. The summed E-state index contributed by atoms with van der Waals surface area (Å²) in [5, 5.41) is 4.10. The highest BCUT2D eigenvalue weighted by Gasteiger charge is 2.18. The van der Waals surface area contributed by atoms with Gasteiger partial charge >= 0.3 is 0 Å². The third-order valence-corrected chi connectivity index (χ3v) is 4.96. The van der Waals surface area contributed by atoms with Crippen molar-refractivity contribution in [3.8, 4) is 17.1 Å². The molecule has 3 aromatic rings. The summed E-state index contributed by atoms with van der Waals surface area (Å²) in [7, 11) is 1.64. The van der Waals surface area contributed by atoms with Gasteiger partial charge < -0.3 is 14.2 Å². The van der Waals surface area contributed by atoms with Gasteiger partial charge in [-0.05, 0) is 55.0 Å². The van der Waals surface area contributed by atoms with Gasteiger partial charge in [0.25, 0.3) is 0 Å². The molecular weight excluding hydrogens is 359 g/mol. The molecule has 0 atom stereocenters. The first-order valence-electron chi connectivity index (χ1n) is 9.41. The van der Waals surface area contributed by atoms with Crippen LogP contribution in [0.15, 0.2) is 53.1 Å². The van der Waals surface area contributed by atoms with Gasteiger partial charge in [0.2, 0.25) is 11.7 Å². The quantitative estimate of drug-likeness (QED) is 0.672. The molecule has 146 valence electrons. The summed E-state index contributed by atoms with van der Waals surface area (Å²) in [6, 6.07) is 14.3. The van der Waals surface area contributed by atoms with E-state index in [1.54, 1.807) is 7.11 Å². The fraction of sp³-hybridized carbons (Fsp3) is 0.333. The molecule has 0 aliphatic carbocycles. The molecule has 2 heterocycles. The van der Waals surface area contributed by atoms with E-state index in [-0.39, 0.29) is 5.82 Å². The molecule has 6 nitrogen and oxygen atoms in total. The van der Waals surface area contributed by atoms with Crippen molar-refractivity contribution >= 4 is 5.69 Å². The zero-order valence-electron chi connectivity index (χ0n) is 15.8. The largest absolute Gasteiger partial charge is 0.497 e. The van der Waals surface area contributed by atoms with Crippen LogP contribution in [0.1, 0.15) is 12.3 Å². The van der Waals surface area contributed by atoms with Gasteiger partial charge in [0.05, 0.1) is 13.7 Å². The first-order chi connectivity index (χ1) is 13.7. The van der Waals surface area contributed by atoms with E-state index in [2.05, 4.69) is 19.9 Å². The van der Waals surface area contributed by atoms with Crippen LogP contribution in [0.3, 0.4) is 0 Å². The van der Waals surface area contributed by atoms with Crippen molar-refractivity contribution in [2.24, 2.45) is 0 Å². The highest BCUT2D eigenvalue weighted by Crippen LogP contribution is 2.21. The van der Waals surface area contributed by atoms with Crippen LogP contribution < -0.4 is 9.64 Å². The Bertz CT molecular complexity index is 896. The first kappa shape index (κ1) is 18.4. The van der Waals surface area contributed by atoms with E-state index in [1.807, 2.05) is 36.4 Å². The van der Waals surface area contributed by atoms with Gasteiger partial charge in [-0.3, -0.25) is 4.90 Å². The van der Waals surface area contributed by atoms with Crippen molar-refractivity contribution in [3.05, 3.63) is 60.2 Å². The maximum Gasteiger partial charge on any atom is 0.241 e. The molecule has 1 saturated heterocycles. The molecule has 0 bridgehead atoms. The van der Waals surface area contributed by atoms with Crippen molar-refractivity contribution in [1.82, 2.24) is 15.0 Å². The molecule has 0 N–H and O–H groups in total. The lowest BCUT2D eigenvalue weighted by atomic mass is 10.2.